The number of carbonyl (C=O) groups excluding carboxylic acids is 2. The zero-order valence-electron chi connectivity index (χ0n) is 31.7. The van der Waals surface area contributed by atoms with E-state index in [2.05, 4.69) is 10.6 Å². The number of hydrogen-bond acceptors (Lipinski definition) is 3. The van der Waals surface area contributed by atoms with Crippen LogP contribution in [0.2, 0.25) is 0 Å². The predicted molar refractivity (Wildman–Crippen MR) is 211 cm³/mol. The summed E-state index contributed by atoms with van der Waals surface area (Å²) >= 11 is 0. The number of nitrogens with zero attached hydrogens (tertiary/aromatic N) is 2. The number of halogens is 10. The highest BCUT2D eigenvalue weighted by atomic mass is 19.4. The third-order valence-corrected chi connectivity index (χ3v) is 9.45. The first kappa shape index (κ1) is 42.6. The summed E-state index contributed by atoms with van der Waals surface area (Å²) in [5.41, 5.74) is -1.19. The molecule has 2 amide bonds. The van der Waals surface area contributed by atoms with E-state index in [0.29, 0.717) is 28.6 Å². The average molecular weight is 863 g/mol. The maximum absolute atomic E-state index is 14.3. The van der Waals surface area contributed by atoms with Gasteiger partial charge in [0.2, 0.25) is 0 Å². The molecule has 8 aromatic rings. The van der Waals surface area contributed by atoms with Gasteiger partial charge in [-0.15, -0.1) is 0 Å². The maximum atomic E-state index is 14.3. The van der Waals surface area contributed by atoms with Crippen LogP contribution in [0.15, 0.2) is 140 Å². The molecule has 0 aliphatic heterocycles. The lowest BCUT2D eigenvalue weighted by atomic mass is 10.1. The minimum atomic E-state index is -4.64. The number of ether oxygens (including phenoxy) is 1. The monoisotopic (exact) mass is 862 g/mol. The Morgan fingerprint density at radius 3 is 1.69 bits per heavy atom. The van der Waals surface area contributed by atoms with Crippen LogP contribution in [0, 0.1) is 23.4 Å². The molecule has 0 fully saturated rings. The zero-order chi connectivity index (χ0) is 44.5. The topological polar surface area (TPSA) is 76.2 Å². The molecule has 7 nitrogen and oxygen atoms in total. The highest BCUT2D eigenvalue weighted by Crippen LogP contribution is 2.41. The molecule has 316 valence electrons. The van der Waals surface area contributed by atoms with E-state index < -0.39 is 58.3 Å². The first-order valence-corrected chi connectivity index (χ1v) is 18.1. The lowest BCUT2D eigenvalue weighted by Gasteiger charge is -2.12. The van der Waals surface area contributed by atoms with Crippen molar-refractivity contribution in [2.45, 2.75) is 12.4 Å². The zero-order valence-corrected chi connectivity index (χ0v) is 31.7. The number of rotatable bonds is 7. The Bertz CT molecular complexity index is 2940. The number of methoxy groups -OCH3 is 1. The fraction of sp³-hybridized carbons (Fsp3) is 0.0667. The van der Waals surface area contributed by atoms with Crippen LogP contribution in [0.5, 0.6) is 5.75 Å². The van der Waals surface area contributed by atoms with Crippen molar-refractivity contribution < 1.29 is 58.2 Å². The van der Waals surface area contributed by atoms with Gasteiger partial charge >= 0.3 is 12.4 Å². The average Bonchev–Trinajstić information content (AvgIpc) is 3.84. The molecule has 62 heavy (non-hydrogen) atoms. The summed E-state index contributed by atoms with van der Waals surface area (Å²) in [6.07, 6.45) is -7.86. The number of carbonyl (C=O) groups is 2. The minimum absolute atomic E-state index is 0.105. The van der Waals surface area contributed by atoms with Gasteiger partial charge in [0.25, 0.3) is 11.8 Å². The van der Waals surface area contributed by atoms with Gasteiger partial charge in [-0.1, -0.05) is 48.5 Å². The van der Waals surface area contributed by atoms with E-state index in [1.165, 1.54) is 90.5 Å². The van der Waals surface area contributed by atoms with Crippen LogP contribution in [-0.4, -0.2) is 27.7 Å². The molecule has 0 radical (unpaired) electrons. The Hall–Kier alpha value is -7.56. The van der Waals surface area contributed by atoms with Crippen molar-refractivity contribution in [3.05, 3.63) is 185 Å². The summed E-state index contributed by atoms with van der Waals surface area (Å²) < 4.78 is 144. The smallest absolute Gasteiger partial charge is 0.418 e. The molecule has 0 bridgehead atoms. The highest BCUT2D eigenvalue weighted by Gasteiger charge is 2.37. The molecule has 0 unspecified atom stereocenters. The van der Waals surface area contributed by atoms with Gasteiger partial charge in [0, 0.05) is 34.0 Å². The molecule has 17 heteroatoms. The molecule has 0 aliphatic rings. The maximum Gasteiger partial charge on any atom is 0.418 e. The summed E-state index contributed by atoms with van der Waals surface area (Å²) in [5, 5.41) is 4.98. The summed E-state index contributed by atoms with van der Waals surface area (Å²) in [5.74, 6) is -5.93. The van der Waals surface area contributed by atoms with E-state index >= 15 is 0 Å². The Morgan fingerprint density at radius 1 is 0.548 bits per heavy atom. The number of alkyl halides is 6. The van der Waals surface area contributed by atoms with Crippen molar-refractivity contribution in [2.24, 2.45) is 0 Å². The largest absolute Gasteiger partial charge is 0.495 e. The van der Waals surface area contributed by atoms with E-state index in [9.17, 15) is 53.5 Å². The van der Waals surface area contributed by atoms with Crippen LogP contribution in [0.25, 0.3) is 33.5 Å². The third kappa shape index (κ3) is 8.82. The number of benzene rings is 4. The summed E-state index contributed by atoms with van der Waals surface area (Å²) in [7, 11) is 1.39. The van der Waals surface area contributed by atoms with E-state index in [-0.39, 0.29) is 45.7 Å². The van der Waals surface area contributed by atoms with Gasteiger partial charge in [0.15, 0.2) is 17.6 Å². The van der Waals surface area contributed by atoms with Gasteiger partial charge in [0.05, 0.1) is 41.4 Å². The molecule has 0 aliphatic carbocycles. The summed E-state index contributed by atoms with van der Waals surface area (Å²) in [6, 6.07) is 29.1. The Kier molecular flexibility index (Phi) is 11.6. The van der Waals surface area contributed by atoms with Gasteiger partial charge in [-0.05, 0) is 90.0 Å². The Balaban J connectivity index is 0.000000188. The van der Waals surface area contributed by atoms with E-state index in [1.807, 2.05) is 0 Å². The van der Waals surface area contributed by atoms with Gasteiger partial charge in [-0.2, -0.15) is 30.7 Å². The van der Waals surface area contributed by atoms with Crippen molar-refractivity contribution in [1.82, 2.24) is 8.80 Å². The molecule has 8 rings (SSSR count). The normalized spacial score (nSPS) is 11.6. The van der Waals surface area contributed by atoms with Crippen LogP contribution in [-0.2, 0) is 12.4 Å². The lowest BCUT2D eigenvalue weighted by Crippen LogP contribution is -2.14. The fourth-order valence-electron chi connectivity index (χ4n) is 6.58. The molecule has 4 aromatic heterocycles. The van der Waals surface area contributed by atoms with Crippen LogP contribution in [0.3, 0.4) is 0 Å². The molecule has 4 aromatic carbocycles. The molecule has 0 spiro atoms. The predicted octanol–water partition coefficient (Wildman–Crippen LogP) is 12.3. The lowest BCUT2D eigenvalue weighted by molar-refractivity contribution is -0.137. The molecular weight excluding hydrogens is 834 g/mol. The van der Waals surface area contributed by atoms with Crippen LogP contribution in [0.1, 0.15) is 31.8 Å². The highest BCUT2D eigenvalue weighted by molar-refractivity contribution is 6.05. The number of nitrogens with one attached hydrogen (secondary N) is 2. The fourth-order valence-corrected chi connectivity index (χ4v) is 6.58. The number of anilines is 2. The second kappa shape index (κ2) is 16.8. The van der Waals surface area contributed by atoms with Crippen molar-refractivity contribution >= 4 is 34.2 Å². The van der Waals surface area contributed by atoms with Crippen LogP contribution in [0.4, 0.5) is 55.3 Å². The SMILES string of the molecule is COc1ccc2cc(C(F)(F)F)c(-c3ccc(NC(=O)c4cc(F)c(F)cc4F)cc3)n2c1.O=C(Nc1ccc(-c2c(C(F)(F)F)cc3cccc(F)n23)cc1)c1ccccc1. The van der Waals surface area contributed by atoms with Crippen molar-refractivity contribution in [2.75, 3.05) is 17.7 Å². The van der Waals surface area contributed by atoms with Crippen LogP contribution >= 0.6 is 0 Å². The molecule has 0 saturated heterocycles. The van der Waals surface area contributed by atoms with Crippen LogP contribution < -0.4 is 15.4 Å². The van der Waals surface area contributed by atoms with Gasteiger partial charge < -0.3 is 19.8 Å². The third-order valence-electron chi connectivity index (χ3n) is 9.45. The molecule has 0 atom stereocenters. The second-order valence-electron chi connectivity index (χ2n) is 13.5. The molecule has 0 saturated carbocycles. The minimum Gasteiger partial charge on any atom is -0.495 e. The standard InChI is InChI=1S/C23H14F6N2O2.C22H14F4N2O/c1-33-15-7-6-14-8-17(23(27,28)29)21(31(14)11-15)12-2-4-13(5-3-12)30-22(32)16-9-19(25)20(26)10-18(16)24;23-19-8-4-7-17-13-18(22(24,25)26)20(28(17)19)14-9-11-16(12-10-14)27-21(29)15-5-2-1-3-6-15/h2-11H,1H3,(H,30,32);1-13H,(H,27,29). The van der Waals surface area contributed by atoms with Gasteiger partial charge in [-0.25, -0.2) is 13.2 Å². The first-order valence-electron chi connectivity index (χ1n) is 18.1. The van der Waals surface area contributed by atoms with Gasteiger partial charge in [0.1, 0.15) is 11.6 Å². The van der Waals surface area contributed by atoms with E-state index in [0.717, 1.165) is 22.6 Å². The number of fused-ring (bicyclic) bond motifs is 2. The van der Waals surface area contributed by atoms with Crippen molar-refractivity contribution in [1.29, 1.82) is 0 Å². The Morgan fingerprint density at radius 2 is 1.10 bits per heavy atom. The molecule has 4 heterocycles. The summed E-state index contributed by atoms with van der Waals surface area (Å²) in [6.45, 7) is 0. The number of amides is 2. The second-order valence-corrected chi connectivity index (χ2v) is 13.5. The number of aromatic nitrogens is 2. The quantitative estimate of drug-likeness (QED) is 0.0952. The Labute approximate surface area is 344 Å². The van der Waals surface area contributed by atoms with Gasteiger partial charge in [-0.3, -0.25) is 14.0 Å². The molecular formula is C45H28F10N4O3. The number of hydrogen-bond donors (Lipinski definition) is 2. The van der Waals surface area contributed by atoms with E-state index in [1.54, 1.807) is 30.3 Å². The number of pyridine rings is 2. The molecule has 2 N–H and O–H groups in total. The van der Waals surface area contributed by atoms with Crippen molar-refractivity contribution in [3.63, 3.8) is 0 Å². The first-order chi connectivity index (χ1) is 29.4. The van der Waals surface area contributed by atoms with Crippen molar-refractivity contribution in [3.8, 4) is 28.3 Å². The summed E-state index contributed by atoms with van der Waals surface area (Å²) in [4.78, 5) is 24.5. The van der Waals surface area contributed by atoms with E-state index in [4.69, 9.17) is 4.74 Å².